The summed E-state index contributed by atoms with van der Waals surface area (Å²) in [6.07, 6.45) is 5.23. The molecule has 3 aromatic rings. The molecule has 2 heterocycles. The van der Waals surface area contributed by atoms with E-state index in [-0.39, 0.29) is 11.7 Å². The van der Waals surface area contributed by atoms with E-state index in [1.54, 1.807) is 6.33 Å². The number of benzene rings is 2. The number of carbonyl (C=O) groups is 1. The number of ether oxygens (including phenoxy) is 1. The lowest BCUT2D eigenvalue weighted by Gasteiger charge is -2.34. The zero-order chi connectivity index (χ0) is 21.5. The van der Waals surface area contributed by atoms with E-state index >= 15 is 0 Å². The quantitative estimate of drug-likeness (QED) is 0.398. The van der Waals surface area contributed by atoms with Gasteiger partial charge in [0, 0.05) is 24.3 Å². The monoisotopic (exact) mass is 434 g/mol. The first kappa shape index (κ1) is 21.2. The van der Waals surface area contributed by atoms with E-state index in [2.05, 4.69) is 27.1 Å². The normalized spacial score (nSPS) is 16.0. The number of hydrogen-bond acceptors (Lipinski definition) is 6. The maximum Gasteiger partial charge on any atom is 0.234 e. The molecule has 1 aliphatic heterocycles. The number of nitrogens with zero attached hydrogens (tertiary/aromatic N) is 3. The molecule has 1 atom stereocenters. The van der Waals surface area contributed by atoms with Gasteiger partial charge in [-0.15, -0.1) is 0 Å². The minimum atomic E-state index is -0.0757. The van der Waals surface area contributed by atoms with Crippen molar-refractivity contribution in [1.29, 1.82) is 0 Å². The topological polar surface area (TPSA) is 67.4 Å². The molecule has 31 heavy (non-hydrogen) atoms. The Hall–Kier alpha value is -3.06. The van der Waals surface area contributed by atoms with Crippen LogP contribution in [-0.2, 0) is 4.79 Å². The van der Waals surface area contributed by atoms with Gasteiger partial charge < -0.3 is 15.0 Å². The lowest BCUT2D eigenvalue weighted by Crippen LogP contribution is -2.38. The maximum absolute atomic E-state index is 12.4. The standard InChI is InChI=1S/C24H26N4O2S/c1-18-7-5-6-14-28(18)22-15-24(26-17-25-22)31-16-23(29)27-19-10-12-21(13-11-19)30-20-8-3-2-4-9-20/h2-4,8-13,15,17-18H,5-7,14,16H2,1H3,(H,27,29)/t18-/m1/s1. The Labute approximate surface area is 187 Å². The van der Waals surface area contributed by atoms with Crippen molar-refractivity contribution in [2.45, 2.75) is 37.3 Å². The number of para-hydroxylation sites is 1. The molecule has 0 unspecified atom stereocenters. The average molecular weight is 435 g/mol. The Balaban J connectivity index is 1.29. The number of nitrogens with one attached hydrogen (secondary N) is 1. The molecule has 0 aliphatic carbocycles. The van der Waals surface area contributed by atoms with E-state index in [1.807, 2.05) is 60.7 Å². The van der Waals surface area contributed by atoms with Gasteiger partial charge in [0.2, 0.25) is 5.91 Å². The number of carbonyl (C=O) groups excluding carboxylic acids is 1. The van der Waals surface area contributed by atoms with Crippen LogP contribution in [0.2, 0.25) is 0 Å². The highest BCUT2D eigenvalue weighted by atomic mass is 32.2. The van der Waals surface area contributed by atoms with Gasteiger partial charge in [-0.3, -0.25) is 4.79 Å². The smallest absolute Gasteiger partial charge is 0.234 e. The van der Waals surface area contributed by atoms with Crippen LogP contribution in [0.15, 0.2) is 72.0 Å². The Morgan fingerprint density at radius 1 is 1.10 bits per heavy atom. The first-order valence-electron chi connectivity index (χ1n) is 10.5. The van der Waals surface area contributed by atoms with Crippen LogP contribution in [0.4, 0.5) is 11.5 Å². The molecule has 6 nitrogen and oxygen atoms in total. The third kappa shape index (κ3) is 5.98. The minimum Gasteiger partial charge on any atom is -0.457 e. The summed E-state index contributed by atoms with van der Waals surface area (Å²) in [6, 6.07) is 19.4. The molecule has 4 rings (SSSR count). The summed E-state index contributed by atoms with van der Waals surface area (Å²) in [5.74, 6) is 2.65. The number of thioether (sulfide) groups is 1. The second-order valence-corrected chi connectivity index (χ2v) is 8.52. The van der Waals surface area contributed by atoms with Crippen molar-refractivity contribution < 1.29 is 9.53 Å². The average Bonchev–Trinajstić information content (AvgIpc) is 2.80. The molecular formula is C24H26N4O2S. The van der Waals surface area contributed by atoms with Crippen molar-refractivity contribution in [3.8, 4) is 11.5 Å². The van der Waals surface area contributed by atoms with E-state index in [0.717, 1.165) is 34.6 Å². The molecule has 1 fully saturated rings. The Kier molecular flexibility index (Phi) is 7.04. The zero-order valence-corrected chi connectivity index (χ0v) is 18.3. The summed E-state index contributed by atoms with van der Waals surface area (Å²) in [4.78, 5) is 23.5. The lowest BCUT2D eigenvalue weighted by molar-refractivity contribution is -0.113. The van der Waals surface area contributed by atoms with Gasteiger partial charge in [0.15, 0.2) is 0 Å². The molecular weight excluding hydrogens is 408 g/mol. The minimum absolute atomic E-state index is 0.0757. The SMILES string of the molecule is C[C@@H]1CCCCN1c1cc(SCC(=O)Nc2ccc(Oc3ccccc3)cc2)ncn1. The number of anilines is 2. The molecule has 0 radical (unpaired) electrons. The van der Waals surface area contributed by atoms with E-state index in [9.17, 15) is 4.79 Å². The van der Waals surface area contributed by atoms with E-state index in [1.165, 1.54) is 31.0 Å². The van der Waals surface area contributed by atoms with Crippen LogP contribution >= 0.6 is 11.8 Å². The van der Waals surface area contributed by atoms with Crippen LogP contribution in [0.3, 0.4) is 0 Å². The van der Waals surface area contributed by atoms with Crippen molar-refractivity contribution in [2.24, 2.45) is 0 Å². The zero-order valence-electron chi connectivity index (χ0n) is 17.5. The van der Waals surface area contributed by atoms with Crippen molar-refractivity contribution in [2.75, 3.05) is 22.5 Å². The highest BCUT2D eigenvalue weighted by Crippen LogP contribution is 2.26. The second kappa shape index (κ2) is 10.3. The van der Waals surface area contributed by atoms with Gasteiger partial charge in [-0.25, -0.2) is 9.97 Å². The van der Waals surface area contributed by atoms with Crippen molar-refractivity contribution >= 4 is 29.2 Å². The predicted molar refractivity (Wildman–Crippen MR) is 125 cm³/mol. The largest absolute Gasteiger partial charge is 0.457 e. The number of aromatic nitrogens is 2. The summed E-state index contributed by atoms with van der Waals surface area (Å²) >= 11 is 1.42. The first-order chi connectivity index (χ1) is 15.2. The molecule has 160 valence electrons. The van der Waals surface area contributed by atoms with E-state index < -0.39 is 0 Å². The van der Waals surface area contributed by atoms with Gasteiger partial charge in [0.1, 0.15) is 28.7 Å². The number of rotatable bonds is 7. The molecule has 1 amide bonds. The van der Waals surface area contributed by atoms with Crippen LogP contribution in [0.5, 0.6) is 11.5 Å². The molecule has 2 aromatic carbocycles. The number of amides is 1. The molecule has 0 spiro atoms. The number of hydrogen-bond donors (Lipinski definition) is 1. The Morgan fingerprint density at radius 3 is 2.65 bits per heavy atom. The summed E-state index contributed by atoms with van der Waals surface area (Å²) in [7, 11) is 0. The van der Waals surface area contributed by atoms with Gasteiger partial charge in [-0.1, -0.05) is 30.0 Å². The fourth-order valence-corrected chi connectivity index (χ4v) is 4.23. The van der Waals surface area contributed by atoms with Crippen LogP contribution in [0, 0.1) is 0 Å². The van der Waals surface area contributed by atoms with Gasteiger partial charge in [0.05, 0.1) is 5.75 Å². The summed E-state index contributed by atoms with van der Waals surface area (Å²) < 4.78 is 5.78. The molecule has 1 aromatic heterocycles. The molecule has 7 heteroatoms. The van der Waals surface area contributed by atoms with Crippen molar-refractivity contribution in [3.63, 3.8) is 0 Å². The second-order valence-electron chi connectivity index (χ2n) is 7.53. The highest BCUT2D eigenvalue weighted by Gasteiger charge is 2.20. The van der Waals surface area contributed by atoms with Gasteiger partial charge >= 0.3 is 0 Å². The van der Waals surface area contributed by atoms with Gasteiger partial charge in [-0.05, 0) is 62.6 Å². The summed E-state index contributed by atoms with van der Waals surface area (Å²) in [5, 5.41) is 3.73. The Morgan fingerprint density at radius 2 is 1.87 bits per heavy atom. The maximum atomic E-state index is 12.4. The van der Waals surface area contributed by atoms with Crippen LogP contribution in [-0.4, -0.2) is 34.2 Å². The molecule has 1 aliphatic rings. The van der Waals surface area contributed by atoms with Crippen LogP contribution in [0.1, 0.15) is 26.2 Å². The molecule has 0 bridgehead atoms. The van der Waals surface area contributed by atoms with Crippen molar-refractivity contribution in [3.05, 3.63) is 67.0 Å². The number of piperidine rings is 1. The predicted octanol–water partition coefficient (Wildman–Crippen LogP) is 5.38. The van der Waals surface area contributed by atoms with Crippen molar-refractivity contribution in [1.82, 2.24) is 9.97 Å². The van der Waals surface area contributed by atoms with Crippen LogP contribution < -0.4 is 15.0 Å². The van der Waals surface area contributed by atoms with E-state index in [4.69, 9.17) is 4.74 Å². The molecule has 1 N–H and O–H groups in total. The summed E-state index contributed by atoms with van der Waals surface area (Å²) in [5.41, 5.74) is 0.733. The van der Waals surface area contributed by atoms with Gasteiger partial charge in [-0.2, -0.15) is 0 Å². The third-order valence-electron chi connectivity index (χ3n) is 5.19. The van der Waals surface area contributed by atoms with E-state index in [0.29, 0.717) is 6.04 Å². The Bertz CT molecular complexity index is 998. The molecule has 1 saturated heterocycles. The lowest BCUT2D eigenvalue weighted by atomic mass is 10.0. The summed E-state index contributed by atoms with van der Waals surface area (Å²) in [6.45, 7) is 3.25. The first-order valence-corrected chi connectivity index (χ1v) is 11.5. The fraction of sp³-hybridized carbons (Fsp3) is 0.292. The molecule has 0 saturated carbocycles. The third-order valence-corrected chi connectivity index (χ3v) is 6.12. The van der Waals surface area contributed by atoms with Gasteiger partial charge in [0.25, 0.3) is 0 Å². The fourth-order valence-electron chi connectivity index (χ4n) is 3.57. The van der Waals surface area contributed by atoms with Crippen LogP contribution in [0.25, 0.3) is 0 Å². The highest BCUT2D eigenvalue weighted by molar-refractivity contribution is 7.99.